The minimum atomic E-state index is -4.42. The van der Waals surface area contributed by atoms with Crippen LogP contribution >= 0.6 is 0 Å². The van der Waals surface area contributed by atoms with Crippen molar-refractivity contribution in [1.82, 2.24) is 24.3 Å². The number of pyridine rings is 1. The number of nitrogens with zero attached hydrogens (tertiary/aromatic N) is 4. The van der Waals surface area contributed by atoms with Crippen molar-refractivity contribution in [2.75, 3.05) is 18.4 Å². The standard InChI is InChI=1S/C27H25F3N6O/c1-3-35(4-2)15-20-9-6-10-24-31-23(16-36(20)24)25(37)34-26-32-21-12-11-18(14-22(21)33-26)17-7-5-8-19(13-17)27(28,29)30/h5-14,16H,3-4,15H2,1-2H3,(H2,32,33,34,37). The number of imidazole rings is 2. The third-order valence-corrected chi connectivity index (χ3v) is 6.33. The first-order chi connectivity index (χ1) is 17.7. The number of aromatic amines is 1. The normalized spacial score (nSPS) is 12.1. The first kappa shape index (κ1) is 24.5. The van der Waals surface area contributed by atoms with Gasteiger partial charge in [-0.2, -0.15) is 13.2 Å². The molecule has 2 N–H and O–H groups in total. The molecule has 10 heteroatoms. The highest BCUT2D eigenvalue weighted by molar-refractivity contribution is 6.03. The van der Waals surface area contributed by atoms with Gasteiger partial charge < -0.3 is 9.38 Å². The minimum Gasteiger partial charge on any atom is -0.324 e. The quantitative estimate of drug-likeness (QED) is 0.284. The minimum absolute atomic E-state index is 0.224. The molecule has 3 heterocycles. The van der Waals surface area contributed by atoms with Crippen molar-refractivity contribution in [3.8, 4) is 11.1 Å². The van der Waals surface area contributed by atoms with Crippen molar-refractivity contribution in [3.63, 3.8) is 0 Å². The van der Waals surface area contributed by atoms with Crippen LogP contribution < -0.4 is 5.32 Å². The average Bonchev–Trinajstić information content (AvgIpc) is 3.50. The van der Waals surface area contributed by atoms with E-state index in [4.69, 9.17) is 0 Å². The van der Waals surface area contributed by atoms with E-state index in [0.29, 0.717) is 27.8 Å². The summed E-state index contributed by atoms with van der Waals surface area (Å²) in [6.45, 7) is 6.77. The molecule has 5 aromatic rings. The van der Waals surface area contributed by atoms with Crippen LogP contribution in [-0.2, 0) is 12.7 Å². The molecule has 2 aromatic carbocycles. The van der Waals surface area contributed by atoms with Gasteiger partial charge in [0.05, 0.1) is 16.6 Å². The van der Waals surface area contributed by atoms with Crippen molar-refractivity contribution in [1.29, 1.82) is 0 Å². The van der Waals surface area contributed by atoms with Gasteiger partial charge in [-0.25, -0.2) is 9.97 Å². The Hall–Kier alpha value is -4.18. The van der Waals surface area contributed by atoms with Crippen LogP contribution in [0.25, 0.3) is 27.8 Å². The van der Waals surface area contributed by atoms with Gasteiger partial charge in [0.15, 0.2) is 0 Å². The highest BCUT2D eigenvalue weighted by Gasteiger charge is 2.30. The third kappa shape index (κ3) is 5.05. The monoisotopic (exact) mass is 506 g/mol. The summed E-state index contributed by atoms with van der Waals surface area (Å²) in [7, 11) is 0. The molecule has 1 amide bonds. The van der Waals surface area contributed by atoms with Crippen molar-refractivity contribution in [2.24, 2.45) is 0 Å². The fraction of sp³-hybridized carbons (Fsp3) is 0.222. The van der Waals surface area contributed by atoms with Gasteiger partial charge in [0, 0.05) is 18.4 Å². The maximum absolute atomic E-state index is 13.1. The van der Waals surface area contributed by atoms with Crippen molar-refractivity contribution in [2.45, 2.75) is 26.6 Å². The van der Waals surface area contributed by atoms with E-state index >= 15 is 0 Å². The van der Waals surface area contributed by atoms with Gasteiger partial charge >= 0.3 is 6.18 Å². The third-order valence-electron chi connectivity index (χ3n) is 6.33. The molecule has 0 atom stereocenters. The number of benzene rings is 2. The predicted octanol–water partition coefficient (Wildman–Crippen LogP) is 5.99. The number of rotatable bonds is 7. The van der Waals surface area contributed by atoms with Crippen molar-refractivity contribution in [3.05, 3.63) is 83.8 Å². The molecule has 190 valence electrons. The number of aromatic nitrogens is 4. The molecule has 0 saturated carbocycles. The Balaban J connectivity index is 1.38. The van der Waals surface area contributed by atoms with Crippen LogP contribution in [0.15, 0.2) is 66.9 Å². The lowest BCUT2D eigenvalue weighted by Crippen LogP contribution is -2.23. The number of carbonyl (C=O) groups is 1. The summed E-state index contributed by atoms with van der Waals surface area (Å²) >= 11 is 0. The summed E-state index contributed by atoms with van der Waals surface area (Å²) in [5, 5.41) is 2.74. The van der Waals surface area contributed by atoms with Crippen LogP contribution in [0.1, 0.15) is 35.6 Å². The van der Waals surface area contributed by atoms with E-state index in [1.54, 1.807) is 30.5 Å². The largest absolute Gasteiger partial charge is 0.416 e. The van der Waals surface area contributed by atoms with E-state index in [9.17, 15) is 18.0 Å². The SMILES string of the molecule is CCN(CC)Cc1cccc2nc(C(=O)Nc3nc4ccc(-c5cccc(C(F)(F)F)c5)cc4[nH]3)cn12. The summed E-state index contributed by atoms with van der Waals surface area (Å²) < 4.78 is 41.3. The second kappa shape index (κ2) is 9.70. The van der Waals surface area contributed by atoms with Gasteiger partial charge in [-0.3, -0.25) is 15.0 Å². The Kier molecular flexibility index (Phi) is 6.43. The highest BCUT2D eigenvalue weighted by atomic mass is 19.4. The number of nitrogens with one attached hydrogen (secondary N) is 2. The molecule has 0 aliphatic heterocycles. The Morgan fingerprint density at radius 1 is 1.00 bits per heavy atom. The number of anilines is 1. The molecule has 0 fully saturated rings. The van der Waals surface area contributed by atoms with Crippen molar-refractivity contribution >= 4 is 28.5 Å². The smallest absolute Gasteiger partial charge is 0.324 e. The zero-order valence-corrected chi connectivity index (χ0v) is 20.3. The Morgan fingerprint density at radius 3 is 2.51 bits per heavy atom. The predicted molar refractivity (Wildman–Crippen MR) is 136 cm³/mol. The summed E-state index contributed by atoms with van der Waals surface area (Å²) in [5.41, 5.74) is 3.42. The molecular formula is C27H25F3N6O. The van der Waals surface area contributed by atoms with Crippen molar-refractivity contribution < 1.29 is 18.0 Å². The lowest BCUT2D eigenvalue weighted by atomic mass is 10.0. The fourth-order valence-corrected chi connectivity index (χ4v) is 4.28. The van der Waals surface area contributed by atoms with Crippen LogP contribution in [0.2, 0.25) is 0 Å². The zero-order chi connectivity index (χ0) is 26.2. The van der Waals surface area contributed by atoms with Crippen LogP contribution in [-0.4, -0.2) is 43.2 Å². The molecule has 37 heavy (non-hydrogen) atoms. The van der Waals surface area contributed by atoms with Gasteiger partial charge in [-0.1, -0.05) is 38.1 Å². The fourth-order valence-electron chi connectivity index (χ4n) is 4.28. The molecule has 0 spiro atoms. The number of carbonyl (C=O) groups excluding carboxylic acids is 1. The highest BCUT2D eigenvalue weighted by Crippen LogP contribution is 2.33. The number of H-pyrrole nitrogens is 1. The molecular weight excluding hydrogens is 481 g/mol. The second-order valence-corrected chi connectivity index (χ2v) is 8.68. The summed E-state index contributed by atoms with van der Waals surface area (Å²) in [6, 6.07) is 16.0. The van der Waals surface area contributed by atoms with Crippen LogP contribution in [0, 0.1) is 0 Å². The second-order valence-electron chi connectivity index (χ2n) is 8.68. The topological polar surface area (TPSA) is 78.3 Å². The molecule has 0 bridgehead atoms. The molecule has 7 nitrogen and oxygen atoms in total. The van der Waals surface area contributed by atoms with E-state index < -0.39 is 17.6 Å². The number of halogens is 3. The van der Waals surface area contributed by atoms with Crippen LogP contribution in [0.4, 0.5) is 19.1 Å². The molecule has 0 saturated heterocycles. The maximum Gasteiger partial charge on any atom is 0.416 e. The molecule has 0 aliphatic rings. The lowest BCUT2D eigenvalue weighted by Gasteiger charge is -2.18. The average molecular weight is 507 g/mol. The molecule has 0 unspecified atom stereocenters. The molecule has 0 radical (unpaired) electrons. The number of alkyl halides is 3. The number of amides is 1. The maximum atomic E-state index is 13.1. The Morgan fingerprint density at radius 2 is 1.76 bits per heavy atom. The number of fused-ring (bicyclic) bond motifs is 2. The Labute approximate surface area is 211 Å². The first-order valence-corrected chi connectivity index (χ1v) is 11.9. The van der Waals surface area contributed by atoms with Crippen LogP contribution in [0.3, 0.4) is 0 Å². The summed E-state index contributed by atoms with van der Waals surface area (Å²) in [5.74, 6) is -0.198. The van der Waals surface area contributed by atoms with E-state index in [2.05, 4.69) is 39.0 Å². The Bertz CT molecular complexity index is 1580. The molecule has 5 rings (SSSR count). The van der Waals surface area contributed by atoms with Gasteiger partial charge in [0.1, 0.15) is 11.3 Å². The summed E-state index contributed by atoms with van der Waals surface area (Å²) in [6.07, 6.45) is -2.71. The van der Waals surface area contributed by atoms with E-state index in [1.807, 2.05) is 22.6 Å². The van der Waals surface area contributed by atoms with Gasteiger partial charge in [-0.15, -0.1) is 0 Å². The van der Waals surface area contributed by atoms with Gasteiger partial charge in [-0.05, 0) is 60.6 Å². The van der Waals surface area contributed by atoms with Gasteiger partial charge in [0.2, 0.25) is 5.95 Å². The first-order valence-electron chi connectivity index (χ1n) is 11.9. The zero-order valence-electron chi connectivity index (χ0n) is 20.3. The lowest BCUT2D eigenvalue weighted by molar-refractivity contribution is -0.137. The molecule has 0 aliphatic carbocycles. The number of hydrogen-bond donors (Lipinski definition) is 2. The van der Waals surface area contributed by atoms with Crippen LogP contribution in [0.5, 0.6) is 0 Å². The van der Waals surface area contributed by atoms with E-state index in [0.717, 1.165) is 37.5 Å². The molecule has 3 aromatic heterocycles. The summed E-state index contributed by atoms with van der Waals surface area (Å²) in [4.78, 5) is 27.1. The number of hydrogen-bond acceptors (Lipinski definition) is 4. The van der Waals surface area contributed by atoms with E-state index in [-0.39, 0.29) is 11.6 Å². The van der Waals surface area contributed by atoms with E-state index in [1.165, 1.54) is 6.07 Å². The van der Waals surface area contributed by atoms with Gasteiger partial charge in [0.25, 0.3) is 5.91 Å².